The number of phenols is 1. The van der Waals surface area contributed by atoms with Crippen molar-refractivity contribution in [3.05, 3.63) is 184 Å². The highest BCUT2D eigenvalue weighted by Gasteiger charge is 2.47. The molecule has 0 radical (unpaired) electrons. The summed E-state index contributed by atoms with van der Waals surface area (Å²) in [6.45, 7) is 0.0396. The lowest BCUT2D eigenvalue weighted by atomic mass is 9.12. The SMILES string of the molecule is FC(F)(F)c1cc([B-](c2cc(C(F)(F)F)cc(C(F)(F)F)c2)(c2cc(C(F)(F)F)cc(C(F)(F)F)c2)c2cc(C(F)(F)F)cc(C(F)(F)F)c2)cc(C(F)(F)F)c1.O=C(C[n+]1c(O)ccc2cc(O)ccc21)c1ccccc1. The zero-order valence-corrected chi connectivity index (χ0v) is 37.8. The number of carbonyl (C=O) groups excluding carboxylic acids is 1. The number of Topliss-reactive ketones (excluding diaryl/α,β-unsaturated/α-hetero) is 1. The topological polar surface area (TPSA) is 61.4 Å². The highest BCUT2D eigenvalue weighted by Crippen LogP contribution is 2.41. The van der Waals surface area contributed by atoms with Crippen LogP contribution in [-0.2, 0) is 56.0 Å². The lowest BCUT2D eigenvalue weighted by molar-refractivity contribution is -0.663. The van der Waals surface area contributed by atoms with Crippen LogP contribution in [0.5, 0.6) is 11.6 Å². The minimum Gasteiger partial charge on any atom is -0.508 e. The fraction of sp³-hybridized carbons (Fsp3) is 0.184. The first-order valence-corrected chi connectivity index (χ1v) is 21.2. The lowest BCUT2D eigenvalue weighted by Gasteiger charge is -2.46. The predicted octanol–water partition coefficient (Wildman–Crippen LogP) is 13.6. The monoisotopic (exact) mass is 1140 g/mol. The number of carbonyl (C=O) groups is 1. The maximum absolute atomic E-state index is 14.2. The van der Waals surface area contributed by atoms with Gasteiger partial charge < -0.3 is 10.2 Å². The largest absolute Gasteiger partial charge is 0.508 e. The number of aromatic nitrogens is 1. The average Bonchev–Trinajstić information content (AvgIpc) is 3.35. The third-order valence-electron chi connectivity index (χ3n) is 11.8. The van der Waals surface area contributed by atoms with Crippen molar-refractivity contribution >= 4 is 44.7 Å². The molecule has 0 aliphatic carbocycles. The number of hydrogen-bond acceptors (Lipinski definition) is 3. The summed E-state index contributed by atoms with van der Waals surface area (Å²) in [5, 5.41) is 20.3. The number of halogens is 24. The number of nitrogens with zero attached hydrogens (tertiary/aromatic N) is 1. The van der Waals surface area contributed by atoms with Gasteiger partial charge in [0.25, 0.3) is 0 Å². The second kappa shape index (κ2) is 20.3. The van der Waals surface area contributed by atoms with E-state index in [0.29, 0.717) is 11.1 Å². The Balaban J connectivity index is 0.000000387. The van der Waals surface area contributed by atoms with Crippen LogP contribution in [0.3, 0.4) is 0 Å². The minimum atomic E-state index is -6.13. The quantitative estimate of drug-likeness (QED) is 0.0724. The molecule has 0 unspecified atom stereocenters. The minimum absolute atomic E-state index is 0.0115. The van der Waals surface area contributed by atoms with E-state index in [1.165, 1.54) is 16.7 Å². The molecule has 0 bridgehead atoms. The third-order valence-corrected chi connectivity index (χ3v) is 11.8. The summed E-state index contributed by atoms with van der Waals surface area (Å²) in [5.41, 5.74) is -28.9. The van der Waals surface area contributed by atoms with E-state index in [2.05, 4.69) is 0 Å². The molecule has 78 heavy (non-hydrogen) atoms. The number of benzene rings is 6. The van der Waals surface area contributed by atoms with Gasteiger partial charge >= 0.3 is 55.3 Å². The maximum atomic E-state index is 14.2. The fourth-order valence-corrected chi connectivity index (χ4v) is 8.39. The molecule has 29 heteroatoms. The molecule has 0 aliphatic rings. The molecule has 7 aromatic rings. The van der Waals surface area contributed by atoms with E-state index < -0.39 is 195 Å². The molecule has 0 spiro atoms. The van der Waals surface area contributed by atoms with Gasteiger partial charge in [-0.2, -0.15) is 132 Å². The Kier molecular flexibility index (Phi) is 15.5. The second-order valence-electron chi connectivity index (χ2n) is 17.0. The Hall–Kier alpha value is -7.62. The molecular weight excluding hydrogens is 1120 g/mol. The molecule has 0 saturated heterocycles. The molecule has 2 N–H and O–H groups in total. The van der Waals surface area contributed by atoms with Crippen molar-refractivity contribution in [3.63, 3.8) is 0 Å². The Morgan fingerprint density at radius 2 is 0.641 bits per heavy atom. The van der Waals surface area contributed by atoms with Crippen LogP contribution in [-0.4, -0.2) is 22.1 Å². The summed E-state index contributed by atoms with van der Waals surface area (Å²) in [4.78, 5) is 12.3. The van der Waals surface area contributed by atoms with Crippen LogP contribution in [0.1, 0.15) is 54.9 Å². The molecule has 1 heterocycles. The van der Waals surface area contributed by atoms with Crippen molar-refractivity contribution in [3.8, 4) is 11.6 Å². The zero-order chi connectivity index (χ0) is 58.7. The Morgan fingerprint density at radius 3 is 0.910 bits per heavy atom. The van der Waals surface area contributed by atoms with Crippen molar-refractivity contribution in [2.45, 2.75) is 56.0 Å². The van der Waals surface area contributed by atoms with E-state index in [0.717, 1.165) is 5.39 Å². The van der Waals surface area contributed by atoms with Crippen LogP contribution in [0.15, 0.2) is 133 Å². The van der Waals surface area contributed by atoms with Gasteiger partial charge in [-0.05, 0) is 42.5 Å². The molecule has 0 fully saturated rings. The van der Waals surface area contributed by atoms with Crippen molar-refractivity contribution in [2.75, 3.05) is 0 Å². The predicted molar refractivity (Wildman–Crippen MR) is 228 cm³/mol. The highest BCUT2D eigenvalue weighted by molar-refractivity contribution is 7.20. The first-order chi connectivity index (χ1) is 35.4. The highest BCUT2D eigenvalue weighted by atomic mass is 19.4. The Bertz CT molecular complexity index is 2930. The van der Waals surface area contributed by atoms with Gasteiger partial charge in [0.05, 0.1) is 56.0 Å². The van der Waals surface area contributed by atoms with Crippen LogP contribution < -0.4 is 26.4 Å². The maximum Gasteiger partial charge on any atom is 0.416 e. The van der Waals surface area contributed by atoms with E-state index in [9.17, 15) is 120 Å². The molecule has 416 valence electrons. The molecule has 0 amide bonds. The van der Waals surface area contributed by atoms with E-state index >= 15 is 0 Å². The van der Waals surface area contributed by atoms with Crippen molar-refractivity contribution in [1.82, 2.24) is 0 Å². The number of fused-ring (bicyclic) bond motifs is 1. The third kappa shape index (κ3) is 13.0. The van der Waals surface area contributed by atoms with Crippen molar-refractivity contribution in [2.24, 2.45) is 0 Å². The van der Waals surface area contributed by atoms with Gasteiger partial charge in [0, 0.05) is 11.6 Å². The molecule has 1 aromatic heterocycles. The summed E-state index contributed by atoms with van der Waals surface area (Å²) in [6, 6.07) is 8.17. The van der Waals surface area contributed by atoms with Gasteiger partial charge in [-0.1, -0.05) is 78.9 Å². The van der Waals surface area contributed by atoms with Crippen LogP contribution in [0.2, 0.25) is 0 Å². The Morgan fingerprint density at radius 1 is 0.359 bits per heavy atom. The smallest absolute Gasteiger partial charge is 0.416 e. The first kappa shape index (κ1) is 59.6. The standard InChI is InChI=1S/C32H12BF24.C17H13NO3/c34-25(35,36)13-1-14(26(37,38)39)6-21(5-13)33(22-7-15(27(40,41)42)2-16(8-22)28(43,44)45,23-9-17(29(46,47)48)3-18(10-23)30(49,50)51)24-11-19(31(52,53)54)4-20(12-24)32(55,56)57;19-14-7-8-15-13(10-14)6-9-17(21)18(15)11-16(20)12-4-2-1-3-5-12/h1-12H;1-10,19H,11H2/q-1;/p+1. The molecule has 0 saturated carbocycles. The van der Waals surface area contributed by atoms with E-state index in [-0.39, 0.29) is 24.0 Å². The molecule has 0 aliphatic heterocycles. The van der Waals surface area contributed by atoms with Crippen LogP contribution in [0, 0.1) is 0 Å². The van der Waals surface area contributed by atoms with E-state index in [4.69, 9.17) is 0 Å². The number of hydrogen-bond donors (Lipinski definition) is 2. The van der Waals surface area contributed by atoms with Gasteiger partial charge in [0.15, 0.2) is 0 Å². The number of alkyl halides is 24. The summed E-state index contributed by atoms with van der Waals surface area (Å²) in [6.07, 6.45) is -54.8. The number of ketones is 1. The van der Waals surface area contributed by atoms with Gasteiger partial charge in [0.2, 0.25) is 17.8 Å². The van der Waals surface area contributed by atoms with Crippen molar-refractivity contribution < 1.29 is 125 Å². The zero-order valence-electron chi connectivity index (χ0n) is 37.8. The second-order valence-corrected chi connectivity index (χ2v) is 17.0. The van der Waals surface area contributed by atoms with Gasteiger partial charge in [-0.3, -0.25) is 4.79 Å². The Labute approximate surface area is 420 Å². The molecule has 0 atom stereocenters. The van der Waals surface area contributed by atoms with Gasteiger partial charge in [-0.25, -0.2) is 0 Å². The summed E-state index contributed by atoms with van der Waals surface area (Å²) < 4.78 is 342. The lowest BCUT2D eigenvalue weighted by Crippen LogP contribution is -2.75. The van der Waals surface area contributed by atoms with Crippen LogP contribution in [0.4, 0.5) is 105 Å². The van der Waals surface area contributed by atoms with E-state index in [1.54, 1.807) is 42.5 Å². The molecule has 7 rings (SSSR count). The molecule has 6 aromatic carbocycles. The van der Waals surface area contributed by atoms with Gasteiger partial charge in [0.1, 0.15) is 11.9 Å². The van der Waals surface area contributed by atoms with Crippen molar-refractivity contribution in [1.29, 1.82) is 0 Å². The fourth-order valence-electron chi connectivity index (χ4n) is 8.39. The summed E-state index contributed by atoms with van der Waals surface area (Å²) >= 11 is 0. The normalized spacial score (nSPS) is 13.3. The number of aromatic hydroxyl groups is 2. The first-order valence-electron chi connectivity index (χ1n) is 21.2. The summed E-state index contributed by atoms with van der Waals surface area (Å²) in [7, 11) is 0. The molecule has 4 nitrogen and oxygen atoms in total. The number of pyridine rings is 1. The molecular formula is C49H26BF24NO3. The van der Waals surface area contributed by atoms with E-state index in [1.807, 2.05) is 6.07 Å². The van der Waals surface area contributed by atoms with Gasteiger partial charge in [-0.15, -0.1) is 0 Å². The average molecular weight is 1140 g/mol. The summed E-state index contributed by atoms with van der Waals surface area (Å²) in [5.74, 6) is 0.0723. The van der Waals surface area contributed by atoms with Crippen LogP contribution >= 0.6 is 0 Å². The number of phenolic OH excluding ortho intramolecular Hbond substituents is 1. The van der Waals surface area contributed by atoms with Crippen LogP contribution in [0.25, 0.3) is 10.9 Å². The number of rotatable bonds is 7.